The molecule has 16 heavy (non-hydrogen) atoms. The van der Waals surface area contributed by atoms with Gasteiger partial charge in [-0.15, -0.1) is 0 Å². The first kappa shape index (κ1) is 13.3. The van der Waals surface area contributed by atoms with Gasteiger partial charge >= 0.3 is 6.03 Å². The highest BCUT2D eigenvalue weighted by Gasteiger charge is 2.22. The van der Waals surface area contributed by atoms with E-state index in [2.05, 4.69) is 19.2 Å². The highest BCUT2D eigenvalue weighted by Crippen LogP contribution is 2.18. The second-order valence-corrected chi connectivity index (χ2v) is 4.91. The summed E-state index contributed by atoms with van der Waals surface area (Å²) in [6.07, 6.45) is 3.50. The van der Waals surface area contributed by atoms with Crippen LogP contribution >= 0.6 is 0 Å². The van der Waals surface area contributed by atoms with E-state index in [0.29, 0.717) is 25.1 Å². The van der Waals surface area contributed by atoms with Crippen molar-refractivity contribution in [1.82, 2.24) is 10.2 Å². The topological polar surface area (TPSA) is 41.6 Å². The van der Waals surface area contributed by atoms with Crippen molar-refractivity contribution in [2.75, 3.05) is 26.8 Å². The molecule has 0 atom stereocenters. The zero-order valence-electron chi connectivity index (χ0n) is 10.7. The summed E-state index contributed by atoms with van der Waals surface area (Å²) < 4.78 is 5.03. The number of methoxy groups -OCH3 is 1. The minimum atomic E-state index is 0.0652. The van der Waals surface area contributed by atoms with E-state index < -0.39 is 0 Å². The van der Waals surface area contributed by atoms with Crippen LogP contribution in [0.4, 0.5) is 4.79 Å². The van der Waals surface area contributed by atoms with Crippen molar-refractivity contribution >= 4 is 6.03 Å². The molecule has 0 aromatic heterocycles. The van der Waals surface area contributed by atoms with Gasteiger partial charge in [0.2, 0.25) is 0 Å². The Morgan fingerprint density at radius 3 is 2.62 bits per heavy atom. The Hall–Kier alpha value is -0.770. The van der Waals surface area contributed by atoms with Crippen LogP contribution < -0.4 is 5.32 Å². The first-order valence-electron chi connectivity index (χ1n) is 6.18. The Kier molecular flexibility index (Phi) is 5.60. The first-order valence-corrected chi connectivity index (χ1v) is 6.18. The van der Waals surface area contributed by atoms with Crippen molar-refractivity contribution in [1.29, 1.82) is 0 Å². The van der Waals surface area contributed by atoms with Gasteiger partial charge in [0.1, 0.15) is 0 Å². The third-order valence-corrected chi connectivity index (χ3v) is 2.87. The number of hydrogen-bond acceptors (Lipinski definition) is 2. The van der Waals surface area contributed by atoms with Crippen LogP contribution in [0.3, 0.4) is 0 Å². The highest BCUT2D eigenvalue weighted by atomic mass is 16.5. The van der Waals surface area contributed by atoms with Crippen molar-refractivity contribution in [3.63, 3.8) is 0 Å². The molecule has 1 fully saturated rings. The molecule has 0 aromatic carbocycles. The molecule has 1 saturated carbocycles. The number of ether oxygens (including phenoxy) is 1. The van der Waals surface area contributed by atoms with Gasteiger partial charge in [0.15, 0.2) is 0 Å². The summed E-state index contributed by atoms with van der Waals surface area (Å²) in [7, 11) is 1.66. The molecule has 1 rings (SSSR count). The van der Waals surface area contributed by atoms with E-state index in [1.807, 2.05) is 4.90 Å². The molecule has 94 valence electrons. The van der Waals surface area contributed by atoms with Crippen LogP contribution in [0.25, 0.3) is 0 Å². The maximum atomic E-state index is 11.9. The molecule has 2 amide bonds. The fourth-order valence-corrected chi connectivity index (χ4v) is 1.74. The Bertz CT molecular complexity index is 215. The fraction of sp³-hybridized carbons (Fsp3) is 0.917. The summed E-state index contributed by atoms with van der Waals surface area (Å²) in [5, 5.41) is 3.06. The molecule has 0 unspecified atom stereocenters. The van der Waals surface area contributed by atoms with Crippen molar-refractivity contribution in [3.05, 3.63) is 0 Å². The first-order chi connectivity index (χ1) is 7.63. The van der Waals surface area contributed by atoms with Crippen molar-refractivity contribution < 1.29 is 9.53 Å². The second kappa shape index (κ2) is 6.74. The molecule has 1 aliphatic carbocycles. The number of nitrogens with one attached hydrogen (secondary N) is 1. The van der Waals surface area contributed by atoms with Gasteiger partial charge in [-0.3, -0.25) is 0 Å². The van der Waals surface area contributed by atoms with E-state index in [4.69, 9.17) is 4.74 Å². The Morgan fingerprint density at radius 2 is 2.19 bits per heavy atom. The smallest absolute Gasteiger partial charge is 0.317 e. The zero-order chi connectivity index (χ0) is 12.0. The van der Waals surface area contributed by atoms with Crippen LogP contribution in [0, 0.1) is 5.92 Å². The Morgan fingerprint density at radius 1 is 1.50 bits per heavy atom. The molecule has 0 aliphatic heterocycles. The molecule has 0 aromatic rings. The molecule has 1 N–H and O–H groups in total. The van der Waals surface area contributed by atoms with Gasteiger partial charge in [-0.1, -0.05) is 13.8 Å². The minimum Gasteiger partial charge on any atom is -0.383 e. The summed E-state index contributed by atoms with van der Waals surface area (Å²) in [6.45, 7) is 6.31. The van der Waals surface area contributed by atoms with E-state index in [9.17, 15) is 4.79 Å². The maximum Gasteiger partial charge on any atom is 0.317 e. The lowest BCUT2D eigenvalue weighted by Crippen LogP contribution is -2.49. The average Bonchev–Trinajstić information content (AvgIpc) is 2.17. The summed E-state index contributed by atoms with van der Waals surface area (Å²) in [5.74, 6) is 0.490. The average molecular weight is 228 g/mol. The molecule has 0 heterocycles. The van der Waals surface area contributed by atoms with Crippen molar-refractivity contribution in [2.45, 2.75) is 39.2 Å². The van der Waals surface area contributed by atoms with Crippen LogP contribution in [0.1, 0.15) is 33.1 Å². The molecule has 4 nitrogen and oxygen atoms in total. The lowest BCUT2D eigenvalue weighted by molar-refractivity contribution is 0.139. The number of carbonyl (C=O) groups excluding carboxylic acids is 1. The van der Waals surface area contributed by atoms with Gasteiger partial charge in [-0.25, -0.2) is 4.79 Å². The van der Waals surface area contributed by atoms with Crippen LogP contribution in [0.5, 0.6) is 0 Å². The van der Waals surface area contributed by atoms with E-state index in [1.165, 1.54) is 6.42 Å². The maximum absolute atomic E-state index is 11.9. The zero-order valence-corrected chi connectivity index (χ0v) is 10.7. The van der Waals surface area contributed by atoms with Gasteiger partial charge in [-0.2, -0.15) is 0 Å². The monoisotopic (exact) mass is 228 g/mol. The molecule has 0 saturated heterocycles. The number of urea groups is 1. The lowest BCUT2D eigenvalue weighted by atomic mass is 9.93. The van der Waals surface area contributed by atoms with Gasteiger partial charge in [0, 0.05) is 26.2 Å². The van der Waals surface area contributed by atoms with E-state index >= 15 is 0 Å². The SMILES string of the molecule is COCCN(CC(C)C)C(=O)NC1CCC1. The van der Waals surface area contributed by atoms with E-state index in [-0.39, 0.29) is 6.03 Å². The van der Waals surface area contributed by atoms with Crippen LogP contribution in [0.2, 0.25) is 0 Å². The standard InChI is InChI=1S/C12H24N2O2/c1-10(2)9-14(7-8-16-3)12(15)13-11-5-4-6-11/h10-11H,4-9H2,1-3H3,(H,13,15). The van der Waals surface area contributed by atoms with Gasteiger partial charge in [0.25, 0.3) is 0 Å². The van der Waals surface area contributed by atoms with Crippen molar-refractivity contribution in [3.8, 4) is 0 Å². The van der Waals surface area contributed by atoms with E-state index in [1.54, 1.807) is 7.11 Å². The normalized spacial score (nSPS) is 16.0. The predicted octanol–water partition coefficient (Wildman–Crippen LogP) is 1.85. The minimum absolute atomic E-state index is 0.0652. The third kappa shape index (κ3) is 4.39. The quantitative estimate of drug-likeness (QED) is 0.754. The Balaban J connectivity index is 2.35. The number of nitrogens with zero attached hydrogens (tertiary/aromatic N) is 1. The summed E-state index contributed by atoms with van der Waals surface area (Å²) in [5.41, 5.74) is 0. The van der Waals surface area contributed by atoms with E-state index in [0.717, 1.165) is 19.4 Å². The van der Waals surface area contributed by atoms with Crippen LogP contribution in [-0.2, 0) is 4.74 Å². The molecule has 1 aliphatic rings. The second-order valence-electron chi connectivity index (χ2n) is 4.91. The third-order valence-electron chi connectivity index (χ3n) is 2.87. The summed E-state index contributed by atoms with van der Waals surface area (Å²) >= 11 is 0. The summed E-state index contributed by atoms with van der Waals surface area (Å²) in [4.78, 5) is 13.8. The van der Waals surface area contributed by atoms with Gasteiger partial charge in [0.05, 0.1) is 6.61 Å². The molecule has 0 bridgehead atoms. The Labute approximate surface area is 98.3 Å². The van der Waals surface area contributed by atoms with Crippen LogP contribution in [0.15, 0.2) is 0 Å². The molecule has 4 heteroatoms. The number of hydrogen-bond donors (Lipinski definition) is 1. The largest absolute Gasteiger partial charge is 0.383 e. The number of carbonyl (C=O) groups is 1. The molecule has 0 spiro atoms. The number of rotatable bonds is 6. The van der Waals surface area contributed by atoms with Crippen LogP contribution in [-0.4, -0.2) is 43.8 Å². The van der Waals surface area contributed by atoms with Gasteiger partial charge < -0.3 is 15.0 Å². The summed E-state index contributed by atoms with van der Waals surface area (Å²) in [6, 6.07) is 0.472. The fourth-order valence-electron chi connectivity index (χ4n) is 1.74. The predicted molar refractivity (Wildman–Crippen MR) is 64.5 cm³/mol. The highest BCUT2D eigenvalue weighted by molar-refractivity contribution is 5.74. The van der Waals surface area contributed by atoms with Crippen molar-refractivity contribution in [2.24, 2.45) is 5.92 Å². The molecular weight excluding hydrogens is 204 g/mol. The molecule has 0 radical (unpaired) electrons. The van der Waals surface area contributed by atoms with Gasteiger partial charge in [-0.05, 0) is 25.2 Å². The molecular formula is C12H24N2O2. The number of amides is 2. The lowest BCUT2D eigenvalue weighted by Gasteiger charge is -2.31.